The van der Waals surface area contributed by atoms with Crippen molar-refractivity contribution in [2.75, 3.05) is 0 Å². The third-order valence-electron chi connectivity index (χ3n) is 0.716. The molecule has 0 aliphatic carbocycles. The second kappa shape index (κ2) is 5.17. The van der Waals surface area contributed by atoms with E-state index in [2.05, 4.69) is 4.74 Å². The van der Waals surface area contributed by atoms with Crippen LogP contribution in [0.5, 0.6) is 0 Å². The Morgan fingerprint density at radius 2 is 1.70 bits per heavy atom. The molecule has 0 unspecified atom stereocenters. The molecule has 60 valence electrons. The molecule has 0 aromatic carbocycles. The largest absolute Gasteiger partial charge is 0.393 e. The fraction of sp³-hybridized carbons (Fsp3) is 0.667. The molecule has 0 rings (SSSR count). The van der Waals surface area contributed by atoms with Crippen LogP contribution in [0.2, 0.25) is 0 Å². The van der Waals surface area contributed by atoms with Gasteiger partial charge in [-0.05, 0) is 11.0 Å². The van der Waals surface area contributed by atoms with Crippen LogP contribution in [-0.4, -0.2) is 22.9 Å². The zero-order valence-electron chi connectivity index (χ0n) is 5.80. The molecule has 0 aliphatic heterocycles. The molecule has 0 saturated heterocycles. The summed E-state index contributed by atoms with van der Waals surface area (Å²) in [5.41, 5.74) is 0. The average Bonchev–Trinajstić information content (AvgIpc) is 1.63. The van der Waals surface area contributed by atoms with Crippen molar-refractivity contribution in [2.24, 2.45) is 5.92 Å². The molecule has 0 aromatic heterocycles. The first-order valence-electron chi connectivity index (χ1n) is 2.76. The fourth-order valence-electron chi connectivity index (χ4n) is 0.260. The Bertz CT molecular complexity index is 131. The van der Waals surface area contributed by atoms with Crippen molar-refractivity contribution in [1.29, 1.82) is 0 Å². The summed E-state index contributed by atoms with van der Waals surface area (Å²) in [6.45, 7) is 4.55. The molecular formula is C6H14O3Si. The van der Waals surface area contributed by atoms with Gasteiger partial charge in [-0.15, -0.1) is 0 Å². The van der Waals surface area contributed by atoms with Crippen LogP contribution in [0.1, 0.15) is 20.8 Å². The van der Waals surface area contributed by atoms with E-state index in [0.29, 0.717) is 0 Å². The Balaban J connectivity index is 0. The van der Waals surface area contributed by atoms with Gasteiger partial charge in [-0.2, -0.15) is 0 Å². The molecule has 3 nitrogen and oxygen atoms in total. The molecule has 0 spiro atoms. The minimum Gasteiger partial charge on any atom is -0.393 e. The predicted octanol–water partition coefficient (Wildman–Crippen LogP) is -0.720. The minimum atomic E-state index is -0.547. The zero-order valence-corrected chi connectivity index (χ0v) is 5.80. The van der Waals surface area contributed by atoms with Gasteiger partial charge in [0.1, 0.15) is 0 Å². The monoisotopic (exact) mass is 162 g/mol. The van der Waals surface area contributed by atoms with E-state index in [4.69, 9.17) is 0 Å². The maximum absolute atomic E-state index is 10.5. The number of rotatable bonds is 1. The van der Waals surface area contributed by atoms with Crippen LogP contribution in [0.25, 0.3) is 0 Å². The summed E-state index contributed by atoms with van der Waals surface area (Å²) in [4.78, 5) is 20.6. The molecule has 0 aliphatic rings. The summed E-state index contributed by atoms with van der Waals surface area (Å²) < 4.78 is 4.23. The first-order chi connectivity index (χ1) is 4.04. The molecule has 0 bridgehead atoms. The number of hydrogen-bond donors (Lipinski definition) is 0. The quantitative estimate of drug-likeness (QED) is 0.290. The van der Waals surface area contributed by atoms with Crippen LogP contribution in [0.4, 0.5) is 0 Å². The summed E-state index contributed by atoms with van der Waals surface area (Å²) >= 11 is 0. The number of esters is 2. The van der Waals surface area contributed by atoms with Gasteiger partial charge in [0.2, 0.25) is 0 Å². The third-order valence-corrected chi connectivity index (χ3v) is 0.716. The van der Waals surface area contributed by atoms with E-state index < -0.39 is 11.9 Å². The van der Waals surface area contributed by atoms with Crippen LogP contribution < -0.4 is 0 Å². The van der Waals surface area contributed by atoms with Crippen LogP contribution in [0.15, 0.2) is 0 Å². The Kier molecular flexibility index (Phi) is 6.24. The topological polar surface area (TPSA) is 43.4 Å². The van der Waals surface area contributed by atoms with E-state index in [1.165, 1.54) is 6.92 Å². The molecule has 0 aromatic rings. The highest BCUT2D eigenvalue weighted by Crippen LogP contribution is 1.94. The number of carbonyl (C=O) groups is 2. The van der Waals surface area contributed by atoms with E-state index in [1.54, 1.807) is 13.8 Å². The summed E-state index contributed by atoms with van der Waals surface area (Å²) in [5.74, 6) is -1.25. The van der Waals surface area contributed by atoms with Gasteiger partial charge < -0.3 is 4.74 Å². The molecule has 0 heterocycles. The van der Waals surface area contributed by atoms with Gasteiger partial charge in [0.15, 0.2) is 0 Å². The Morgan fingerprint density at radius 1 is 1.30 bits per heavy atom. The van der Waals surface area contributed by atoms with Gasteiger partial charge in [-0.25, -0.2) is 0 Å². The summed E-state index contributed by atoms with van der Waals surface area (Å²) in [5, 5.41) is 0. The first kappa shape index (κ1) is 12.1. The molecule has 0 fully saturated rings. The van der Waals surface area contributed by atoms with Gasteiger partial charge in [-0.1, -0.05) is 13.8 Å². The van der Waals surface area contributed by atoms with E-state index in [9.17, 15) is 9.59 Å². The van der Waals surface area contributed by atoms with Crippen molar-refractivity contribution < 1.29 is 14.3 Å². The summed E-state index contributed by atoms with van der Waals surface area (Å²) in [6.07, 6.45) is 0. The normalized spacial score (nSPS) is 8.40. The van der Waals surface area contributed by atoms with Gasteiger partial charge in [0, 0.05) is 6.92 Å². The molecule has 0 radical (unpaired) electrons. The second-order valence-corrected chi connectivity index (χ2v) is 2.07. The van der Waals surface area contributed by atoms with Crippen LogP contribution >= 0.6 is 0 Å². The molecule has 0 amide bonds. The van der Waals surface area contributed by atoms with Crippen molar-refractivity contribution in [1.82, 2.24) is 0 Å². The van der Waals surface area contributed by atoms with Gasteiger partial charge in [-0.3, -0.25) is 9.59 Å². The lowest BCUT2D eigenvalue weighted by molar-refractivity contribution is -0.160. The standard InChI is InChI=1S/C6H10O3.H4Si/c1-4(2)6(8)9-5(3)7;/h4H,1-3H3;1H4. The molecular weight excluding hydrogens is 148 g/mol. The molecule has 0 saturated carbocycles. The molecule has 4 heteroatoms. The molecule has 10 heavy (non-hydrogen) atoms. The number of carbonyl (C=O) groups excluding carboxylic acids is 2. The lowest BCUT2D eigenvalue weighted by atomic mass is 10.2. The number of ether oxygens (including phenoxy) is 1. The van der Waals surface area contributed by atoms with E-state index in [0.717, 1.165) is 0 Å². The van der Waals surface area contributed by atoms with Crippen molar-refractivity contribution >= 4 is 22.9 Å². The van der Waals surface area contributed by atoms with E-state index >= 15 is 0 Å². The predicted molar refractivity (Wildman–Crippen MR) is 42.9 cm³/mol. The highest BCUT2D eigenvalue weighted by atomic mass is 28.1. The van der Waals surface area contributed by atoms with Crippen LogP contribution in [-0.2, 0) is 14.3 Å². The smallest absolute Gasteiger partial charge is 0.316 e. The average molecular weight is 162 g/mol. The highest BCUT2D eigenvalue weighted by Gasteiger charge is 2.09. The molecule has 0 atom stereocenters. The van der Waals surface area contributed by atoms with Crippen molar-refractivity contribution in [3.8, 4) is 0 Å². The second-order valence-electron chi connectivity index (χ2n) is 2.07. The van der Waals surface area contributed by atoms with Gasteiger partial charge >= 0.3 is 11.9 Å². The van der Waals surface area contributed by atoms with Crippen LogP contribution in [0, 0.1) is 5.92 Å². The maximum Gasteiger partial charge on any atom is 0.316 e. The molecule has 0 N–H and O–H groups in total. The first-order valence-corrected chi connectivity index (χ1v) is 2.76. The lowest BCUT2D eigenvalue weighted by Gasteiger charge is -2.00. The van der Waals surface area contributed by atoms with Crippen molar-refractivity contribution in [3.63, 3.8) is 0 Å². The van der Waals surface area contributed by atoms with E-state index in [-0.39, 0.29) is 16.9 Å². The van der Waals surface area contributed by atoms with Gasteiger partial charge in [0.25, 0.3) is 0 Å². The van der Waals surface area contributed by atoms with Crippen molar-refractivity contribution in [3.05, 3.63) is 0 Å². The van der Waals surface area contributed by atoms with E-state index in [1.807, 2.05) is 0 Å². The fourth-order valence-corrected chi connectivity index (χ4v) is 0.260. The van der Waals surface area contributed by atoms with Crippen LogP contribution in [0.3, 0.4) is 0 Å². The van der Waals surface area contributed by atoms with Gasteiger partial charge in [0.05, 0.1) is 5.92 Å². The lowest BCUT2D eigenvalue weighted by Crippen LogP contribution is -2.14. The minimum absolute atomic E-state index is 0. The Morgan fingerprint density at radius 3 is 1.80 bits per heavy atom. The zero-order chi connectivity index (χ0) is 7.44. The number of hydrogen-bond acceptors (Lipinski definition) is 3. The summed E-state index contributed by atoms with van der Waals surface area (Å²) in [6, 6.07) is 0. The SMILES string of the molecule is CC(=O)OC(=O)C(C)C.[SiH4]. The summed E-state index contributed by atoms with van der Waals surface area (Å²) in [7, 11) is 0. The highest BCUT2D eigenvalue weighted by molar-refractivity contribution is 5.85. The van der Waals surface area contributed by atoms with Crippen molar-refractivity contribution in [2.45, 2.75) is 20.8 Å². The maximum atomic E-state index is 10.5. The third kappa shape index (κ3) is 5.49. The Hall–Kier alpha value is -0.643. The Labute approximate surface area is 64.8 Å².